The average molecular weight is 665 g/mol. The molecule has 2 N–H and O–H groups in total. The zero-order valence-corrected chi connectivity index (χ0v) is 25.2. The van der Waals surface area contributed by atoms with Crippen LogP contribution in [-0.4, -0.2) is 44.8 Å². The van der Waals surface area contributed by atoms with Crippen molar-refractivity contribution in [2.45, 2.75) is 38.0 Å². The highest BCUT2D eigenvalue weighted by molar-refractivity contribution is 14.1. The largest absolute Gasteiger partial charge is 0.497 e. The third-order valence-corrected chi connectivity index (χ3v) is 8.28. The minimum Gasteiger partial charge on any atom is -0.497 e. The van der Waals surface area contributed by atoms with E-state index in [2.05, 4.69) is 32.9 Å². The van der Waals surface area contributed by atoms with E-state index in [1.54, 1.807) is 22.8 Å². The Morgan fingerprint density at radius 2 is 1.90 bits per heavy atom. The zero-order valence-electron chi connectivity index (χ0n) is 23.0. The predicted octanol–water partition coefficient (Wildman–Crippen LogP) is 5.03. The average Bonchev–Trinajstić information content (AvgIpc) is 3.53. The van der Waals surface area contributed by atoms with Crippen molar-refractivity contribution in [2.75, 3.05) is 18.6 Å². The van der Waals surface area contributed by atoms with E-state index in [0.29, 0.717) is 42.2 Å². The predicted molar refractivity (Wildman–Crippen MR) is 166 cm³/mol. The van der Waals surface area contributed by atoms with E-state index in [4.69, 9.17) is 4.74 Å². The van der Waals surface area contributed by atoms with Crippen molar-refractivity contribution < 1.29 is 19.7 Å². The molecule has 41 heavy (non-hydrogen) atoms. The molecule has 1 unspecified atom stereocenters. The Balaban J connectivity index is 1.30. The number of aromatic nitrogens is 3. The topological polar surface area (TPSA) is 101 Å². The molecular weight excluding hydrogens is 631 g/mol. The number of ether oxygens (including phenoxy) is 1. The highest BCUT2D eigenvalue weighted by Crippen LogP contribution is 2.47. The minimum absolute atomic E-state index is 0.0560. The lowest BCUT2D eigenvalue weighted by molar-refractivity contribution is -0.139. The summed E-state index contributed by atoms with van der Waals surface area (Å²) in [5, 5.41) is 30.4. The van der Waals surface area contributed by atoms with Gasteiger partial charge in [0.25, 0.3) is 5.91 Å². The molecule has 0 aliphatic carbocycles. The summed E-state index contributed by atoms with van der Waals surface area (Å²) in [6, 6.07) is 23.1. The molecule has 0 bridgehead atoms. The first kappa shape index (κ1) is 29.0. The maximum atomic E-state index is 13.8. The molecule has 0 radical (unpaired) electrons. The Morgan fingerprint density at radius 3 is 2.63 bits per heavy atom. The molecule has 8 nitrogen and oxygen atoms in total. The number of fused-ring (bicyclic) bond motifs is 1. The van der Waals surface area contributed by atoms with E-state index in [0.717, 1.165) is 14.7 Å². The SMILES string of the molecule is COc1ccc2c(c1)[C@](O)([C@@H](C)/C=C/CCn1cc(C(CO)c3ccccc3)nn1)C(=O)N2Cc1cccc(I)c1. The molecule has 3 aromatic carbocycles. The molecule has 2 heterocycles. The number of carbonyl (C=O) groups is 1. The van der Waals surface area contributed by atoms with Crippen LogP contribution in [0.2, 0.25) is 0 Å². The van der Waals surface area contributed by atoms with E-state index in [9.17, 15) is 15.0 Å². The normalized spacial score (nSPS) is 18.1. The monoisotopic (exact) mass is 664 g/mol. The lowest BCUT2D eigenvalue weighted by Crippen LogP contribution is -2.44. The molecule has 0 saturated carbocycles. The summed E-state index contributed by atoms with van der Waals surface area (Å²) in [6.45, 7) is 2.73. The molecule has 1 aromatic heterocycles. The molecule has 5 rings (SSSR count). The lowest BCUT2D eigenvalue weighted by Gasteiger charge is -2.28. The van der Waals surface area contributed by atoms with Gasteiger partial charge in [-0.05, 0) is 70.5 Å². The summed E-state index contributed by atoms with van der Waals surface area (Å²) >= 11 is 2.26. The molecule has 9 heteroatoms. The van der Waals surface area contributed by atoms with Gasteiger partial charge in [-0.25, -0.2) is 0 Å². The fourth-order valence-electron chi connectivity index (χ4n) is 5.31. The number of anilines is 1. The molecule has 0 fully saturated rings. The summed E-state index contributed by atoms with van der Waals surface area (Å²) < 4.78 is 8.26. The first-order chi connectivity index (χ1) is 19.8. The van der Waals surface area contributed by atoms with Crippen molar-refractivity contribution in [3.63, 3.8) is 0 Å². The number of aliphatic hydroxyl groups excluding tert-OH is 1. The van der Waals surface area contributed by atoms with E-state index in [1.807, 2.05) is 92.0 Å². The van der Waals surface area contributed by atoms with Crippen LogP contribution < -0.4 is 9.64 Å². The van der Waals surface area contributed by atoms with Crippen LogP contribution in [-0.2, 0) is 23.5 Å². The highest BCUT2D eigenvalue weighted by atomic mass is 127. The number of halogens is 1. The molecule has 4 aromatic rings. The van der Waals surface area contributed by atoms with Crippen molar-refractivity contribution in [2.24, 2.45) is 5.92 Å². The van der Waals surface area contributed by atoms with Gasteiger partial charge in [0, 0.05) is 27.8 Å². The summed E-state index contributed by atoms with van der Waals surface area (Å²) in [5.41, 5.74) is 2.18. The van der Waals surface area contributed by atoms with E-state index < -0.39 is 11.5 Å². The Labute approximate surface area is 253 Å². The van der Waals surface area contributed by atoms with Gasteiger partial charge >= 0.3 is 0 Å². The number of nitrogens with zero attached hydrogens (tertiary/aromatic N) is 4. The number of methoxy groups -OCH3 is 1. The third kappa shape index (κ3) is 5.93. The van der Waals surface area contributed by atoms with E-state index in [1.165, 1.54) is 0 Å². The number of aryl methyl sites for hydroxylation is 1. The Morgan fingerprint density at radius 1 is 1.10 bits per heavy atom. The van der Waals surface area contributed by atoms with E-state index in [-0.39, 0.29) is 18.4 Å². The second-order valence-electron chi connectivity index (χ2n) is 10.2. The van der Waals surface area contributed by atoms with Gasteiger partial charge < -0.3 is 19.8 Å². The van der Waals surface area contributed by atoms with Crippen LogP contribution in [0.5, 0.6) is 5.75 Å². The van der Waals surface area contributed by atoms with Crippen LogP contribution in [0.4, 0.5) is 5.69 Å². The first-order valence-electron chi connectivity index (χ1n) is 13.5. The Kier molecular flexibility index (Phi) is 8.86. The van der Waals surface area contributed by atoms with Crippen molar-refractivity contribution in [3.8, 4) is 5.75 Å². The second kappa shape index (κ2) is 12.5. The zero-order chi connectivity index (χ0) is 29.0. The van der Waals surface area contributed by atoms with Crippen molar-refractivity contribution in [3.05, 3.63) is 117 Å². The van der Waals surface area contributed by atoms with Gasteiger partial charge in [-0.2, -0.15) is 0 Å². The molecule has 0 saturated heterocycles. The first-order valence-corrected chi connectivity index (χ1v) is 14.6. The van der Waals surface area contributed by atoms with Gasteiger partial charge in [-0.1, -0.05) is 66.8 Å². The van der Waals surface area contributed by atoms with Crippen LogP contribution >= 0.6 is 22.6 Å². The fraction of sp³-hybridized carbons (Fsp3) is 0.281. The maximum absolute atomic E-state index is 13.8. The minimum atomic E-state index is -1.73. The summed E-state index contributed by atoms with van der Waals surface area (Å²) in [6.07, 6.45) is 6.32. The fourth-order valence-corrected chi connectivity index (χ4v) is 5.92. The van der Waals surface area contributed by atoms with Gasteiger partial charge in [-0.3, -0.25) is 9.48 Å². The smallest absolute Gasteiger partial charge is 0.264 e. The van der Waals surface area contributed by atoms with Gasteiger partial charge in [0.2, 0.25) is 0 Å². The number of carbonyl (C=O) groups excluding carboxylic acids is 1. The van der Waals surface area contributed by atoms with Crippen LogP contribution in [0.15, 0.2) is 91.1 Å². The van der Waals surface area contributed by atoms with Gasteiger partial charge in [0.15, 0.2) is 5.60 Å². The molecule has 1 aliphatic rings. The van der Waals surface area contributed by atoms with Crippen molar-refractivity contribution >= 4 is 34.2 Å². The third-order valence-electron chi connectivity index (χ3n) is 7.61. The number of benzene rings is 3. The molecule has 0 spiro atoms. The lowest BCUT2D eigenvalue weighted by atomic mass is 9.83. The molecule has 3 atom stereocenters. The number of aliphatic hydroxyl groups is 2. The Bertz CT molecular complexity index is 1540. The van der Waals surface area contributed by atoms with Crippen molar-refractivity contribution in [1.29, 1.82) is 0 Å². The standard InChI is InChI=1S/C32H33IN4O4/c1-22(9-6-7-16-36-20-29(34-35-36)27(21-38)24-11-4-3-5-12-24)32(40)28-18-26(41-2)14-15-30(28)37(31(32)39)19-23-10-8-13-25(33)17-23/h3-6,8-15,17-18,20,22,27,38,40H,7,16,19,21H2,1-2H3/b9-6+/t22-,27?,32+/m0/s1. The number of hydrogen-bond donors (Lipinski definition) is 2. The number of allylic oxidation sites excluding steroid dienone is 1. The van der Waals surface area contributed by atoms with Gasteiger partial charge in [0.1, 0.15) is 5.75 Å². The number of amides is 1. The molecule has 212 valence electrons. The summed E-state index contributed by atoms with van der Waals surface area (Å²) in [5.74, 6) is -0.498. The van der Waals surface area contributed by atoms with Crippen LogP contribution in [0.3, 0.4) is 0 Å². The molecule has 1 aliphatic heterocycles. The maximum Gasteiger partial charge on any atom is 0.264 e. The highest BCUT2D eigenvalue weighted by Gasteiger charge is 2.52. The van der Waals surface area contributed by atoms with E-state index >= 15 is 0 Å². The number of rotatable bonds is 11. The van der Waals surface area contributed by atoms with Crippen molar-refractivity contribution in [1.82, 2.24) is 15.0 Å². The Hall–Kier alpha value is -3.54. The van der Waals surface area contributed by atoms with Gasteiger partial charge in [0.05, 0.1) is 37.6 Å². The molecule has 1 amide bonds. The second-order valence-corrected chi connectivity index (χ2v) is 11.5. The summed E-state index contributed by atoms with van der Waals surface area (Å²) in [4.78, 5) is 15.5. The van der Waals surface area contributed by atoms with Crippen LogP contribution in [0.1, 0.15) is 41.6 Å². The molecular formula is C32H33IN4O4. The van der Waals surface area contributed by atoms with Gasteiger partial charge in [-0.15, -0.1) is 5.10 Å². The quantitative estimate of drug-likeness (QED) is 0.172. The van der Waals surface area contributed by atoms with Crippen LogP contribution in [0.25, 0.3) is 0 Å². The summed E-state index contributed by atoms with van der Waals surface area (Å²) in [7, 11) is 1.57. The number of hydrogen-bond acceptors (Lipinski definition) is 6. The van der Waals surface area contributed by atoms with Crippen LogP contribution in [0, 0.1) is 9.49 Å².